The second kappa shape index (κ2) is 6.39. The standard InChI is InChI=1S/C15H21NO3S/c1-9(2)16-14(17)8-19-15(18)13-7-11-6-10(3)4-5-12(11)20-13/h7,9-10H,4-6,8H2,1-3H3,(H,16,17)/t10-/m1/s1. The molecule has 0 unspecified atom stereocenters. The van der Waals surface area contributed by atoms with Crippen LogP contribution in [0.4, 0.5) is 0 Å². The molecule has 0 spiro atoms. The molecule has 0 aromatic carbocycles. The van der Waals surface area contributed by atoms with E-state index < -0.39 is 5.97 Å². The summed E-state index contributed by atoms with van der Waals surface area (Å²) in [5.74, 6) is 0.0250. The van der Waals surface area contributed by atoms with Gasteiger partial charge in [0.25, 0.3) is 5.91 Å². The van der Waals surface area contributed by atoms with E-state index in [1.54, 1.807) is 0 Å². The van der Waals surface area contributed by atoms with Crippen LogP contribution in [0.15, 0.2) is 6.07 Å². The second-order valence-electron chi connectivity index (χ2n) is 5.71. The maximum atomic E-state index is 11.9. The number of hydrogen-bond donors (Lipinski definition) is 1. The number of carbonyl (C=O) groups is 2. The van der Waals surface area contributed by atoms with E-state index in [4.69, 9.17) is 4.74 Å². The molecule has 0 aliphatic heterocycles. The van der Waals surface area contributed by atoms with E-state index >= 15 is 0 Å². The number of amides is 1. The minimum Gasteiger partial charge on any atom is -0.451 e. The number of nitrogens with one attached hydrogen (secondary N) is 1. The van der Waals surface area contributed by atoms with Gasteiger partial charge in [-0.1, -0.05) is 6.92 Å². The van der Waals surface area contributed by atoms with Crippen LogP contribution >= 0.6 is 11.3 Å². The maximum absolute atomic E-state index is 11.9. The number of ether oxygens (including phenoxy) is 1. The summed E-state index contributed by atoms with van der Waals surface area (Å²) >= 11 is 1.50. The number of fused-ring (bicyclic) bond motifs is 1. The minimum atomic E-state index is -0.393. The van der Waals surface area contributed by atoms with E-state index in [2.05, 4.69) is 12.2 Å². The lowest BCUT2D eigenvalue weighted by Gasteiger charge is -2.16. The number of esters is 1. The molecule has 0 saturated heterocycles. The SMILES string of the molecule is CC(C)NC(=O)COC(=O)c1cc2c(s1)CC[C@@H](C)C2. The molecule has 2 rings (SSSR count). The first kappa shape index (κ1) is 15.0. The van der Waals surface area contributed by atoms with Crippen LogP contribution in [0.5, 0.6) is 0 Å². The van der Waals surface area contributed by atoms with Crippen LogP contribution in [0, 0.1) is 5.92 Å². The zero-order valence-corrected chi connectivity index (χ0v) is 13.0. The van der Waals surface area contributed by atoms with Crippen molar-refractivity contribution in [2.24, 2.45) is 5.92 Å². The first-order valence-electron chi connectivity index (χ1n) is 7.03. The molecule has 1 aromatic heterocycles. The van der Waals surface area contributed by atoms with Gasteiger partial charge in [-0.3, -0.25) is 4.79 Å². The minimum absolute atomic E-state index is 0.0525. The number of rotatable bonds is 4. The predicted molar refractivity (Wildman–Crippen MR) is 79.1 cm³/mol. The van der Waals surface area contributed by atoms with E-state index in [0.717, 1.165) is 12.8 Å². The van der Waals surface area contributed by atoms with E-state index in [1.807, 2.05) is 19.9 Å². The molecule has 110 valence electrons. The van der Waals surface area contributed by atoms with Gasteiger partial charge in [-0.05, 0) is 50.7 Å². The summed E-state index contributed by atoms with van der Waals surface area (Å²) in [6.07, 6.45) is 3.26. The Morgan fingerprint density at radius 2 is 2.25 bits per heavy atom. The van der Waals surface area contributed by atoms with Crippen molar-refractivity contribution in [1.82, 2.24) is 5.32 Å². The third-order valence-corrected chi connectivity index (χ3v) is 4.53. The highest BCUT2D eigenvalue weighted by Crippen LogP contribution is 2.32. The van der Waals surface area contributed by atoms with Gasteiger partial charge in [-0.2, -0.15) is 0 Å². The van der Waals surface area contributed by atoms with Crippen LogP contribution in [-0.4, -0.2) is 24.5 Å². The van der Waals surface area contributed by atoms with Crippen LogP contribution in [-0.2, 0) is 22.4 Å². The summed E-state index contributed by atoms with van der Waals surface area (Å²) in [7, 11) is 0. The first-order valence-corrected chi connectivity index (χ1v) is 7.85. The molecule has 1 amide bonds. The number of hydrogen-bond acceptors (Lipinski definition) is 4. The Morgan fingerprint density at radius 3 is 2.95 bits per heavy atom. The molecule has 1 atom stereocenters. The molecular formula is C15H21NO3S. The van der Waals surface area contributed by atoms with Gasteiger partial charge < -0.3 is 10.1 Å². The molecule has 0 fully saturated rings. The molecule has 1 aliphatic carbocycles. The Labute approximate surface area is 123 Å². The fourth-order valence-electron chi connectivity index (χ4n) is 2.37. The van der Waals surface area contributed by atoms with E-state index in [1.165, 1.54) is 28.2 Å². The van der Waals surface area contributed by atoms with Gasteiger partial charge in [0.05, 0.1) is 0 Å². The van der Waals surface area contributed by atoms with Crippen LogP contribution in [0.25, 0.3) is 0 Å². The summed E-state index contributed by atoms with van der Waals surface area (Å²) in [5, 5.41) is 2.69. The quantitative estimate of drug-likeness (QED) is 0.869. The Bertz CT molecular complexity index is 507. The van der Waals surface area contributed by atoms with Crippen molar-refractivity contribution in [3.05, 3.63) is 21.4 Å². The van der Waals surface area contributed by atoms with Crippen LogP contribution in [0.3, 0.4) is 0 Å². The van der Waals surface area contributed by atoms with Crippen LogP contribution in [0.2, 0.25) is 0 Å². The Balaban J connectivity index is 1.92. The van der Waals surface area contributed by atoms with Crippen molar-refractivity contribution in [3.8, 4) is 0 Å². The van der Waals surface area contributed by atoms with Gasteiger partial charge in [0.2, 0.25) is 0 Å². The topological polar surface area (TPSA) is 55.4 Å². The Morgan fingerprint density at radius 1 is 1.50 bits per heavy atom. The molecule has 20 heavy (non-hydrogen) atoms. The third-order valence-electron chi connectivity index (χ3n) is 3.31. The summed E-state index contributed by atoms with van der Waals surface area (Å²) < 4.78 is 5.05. The first-order chi connectivity index (χ1) is 9.45. The summed E-state index contributed by atoms with van der Waals surface area (Å²) in [6, 6.07) is 1.98. The second-order valence-corrected chi connectivity index (χ2v) is 6.84. The van der Waals surface area contributed by atoms with Gasteiger partial charge in [0.15, 0.2) is 6.61 Å². The van der Waals surface area contributed by atoms with Gasteiger partial charge in [-0.25, -0.2) is 4.79 Å². The highest BCUT2D eigenvalue weighted by Gasteiger charge is 2.21. The van der Waals surface area contributed by atoms with Crippen molar-refractivity contribution in [2.75, 3.05) is 6.61 Å². The monoisotopic (exact) mass is 295 g/mol. The number of thiophene rings is 1. The average molecular weight is 295 g/mol. The fraction of sp³-hybridized carbons (Fsp3) is 0.600. The zero-order valence-electron chi connectivity index (χ0n) is 12.2. The van der Waals surface area contributed by atoms with Gasteiger partial charge in [-0.15, -0.1) is 11.3 Å². The normalized spacial score (nSPS) is 17.7. The van der Waals surface area contributed by atoms with Gasteiger partial charge >= 0.3 is 5.97 Å². The largest absolute Gasteiger partial charge is 0.451 e. The van der Waals surface area contributed by atoms with Crippen LogP contribution < -0.4 is 5.32 Å². The number of aryl methyl sites for hydroxylation is 1. The van der Waals surface area contributed by atoms with E-state index in [0.29, 0.717) is 10.8 Å². The van der Waals surface area contributed by atoms with Crippen molar-refractivity contribution in [1.29, 1.82) is 0 Å². The van der Waals surface area contributed by atoms with Crippen molar-refractivity contribution < 1.29 is 14.3 Å². The molecular weight excluding hydrogens is 274 g/mol. The molecule has 0 saturated carbocycles. The summed E-state index contributed by atoms with van der Waals surface area (Å²) in [4.78, 5) is 25.3. The Hall–Kier alpha value is -1.36. The molecule has 1 N–H and O–H groups in total. The fourth-order valence-corrected chi connectivity index (χ4v) is 3.47. The average Bonchev–Trinajstić information content (AvgIpc) is 2.78. The molecule has 5 heteroatoms. The van der Waals surface area contributed by atoms with Gasteiger partial charge in [0.1, 0.15) is 4.88 Å². The number of carbonyl (C=O) groups excluding carboxylic acids is 2. The lowest BCUT2D eigenvalue weighted by Crippen LogP contribution is -2.33. The lowest BCUT2D eigenvalue weighted by molar-refractivity contribution is -0.124. The smallest absolute Gasteiger partial charge is 0.348 e. The molecule has 4 nitrogen and oxygen atoms in total. The molecule has 0 bridgehead atoms. The molecule has 1 heterocycles. The van der Waals surface area contributed by atoms with Gasteiger partial charge in [0, 0.05) is 10.9 Å². The lowest BCUT2D eigenvalue weighted by atomic mass is 9.90. The van der Waals surface area contributed by atoms with Crippen LogP contribution in [0.1, 0.15) is 47.3 Å². The molecule has 1 aliphatic rings. The molecule has 1 aromatic rings. The Kier molecular flexibility index (Phi) is 4.81. The predicted octanol–water partition coefficient (Wildman–Crippen LogP) is 2.55. The molecule has 0 radical (unpaired) electrons. The van der Waals surface area contributed by atoms with Crippen molar-refractivity contribution >= 4 is 23.2 Å². The van der Waals surface area contributed by atoms with Crippen molar-refractivity contribution in [3.63, 3.8) is 0 Å². The third kappa shape index (κ3) is 3.82. The van der Waals surface area contributed by atoms with E-state index in [-0.39, 0.29) is 18.6 Å². The summed E-state index contributed by atoms with van der Waals surface area (Å²) in [6.45, 7) is 5.76. The highest BCUT2D eigenvalue weighted by atomic mass is 32.1. The van der Waals surface area contributed by atoms with E-state index in [9.17, 15) is 9.59 Å². The van der Waals surface area contributed by atoms with Crippen molar-refractivity contribution in [2.45, 2.75) is 46.1 Å². The zero-order chi connectivity index (χ0) is 14.7. The highest BCUT2D eigenvalue weighted by molar-refractivity contribution is 7.14. The summed E-state index contributed by atoms with van der Waals surface area (Å²) in [5.41, 5.74) is 1.27. The maximum Gasteiger partial charge on any atom is 0.348 e.